The Morgan fingerprint density at radius 3 is 2.38 bits per heavy atom. The zero-order valence-corrected chi connectivity index (χ0v) is 12.5. The van der Waals surface area contributed by atoms with Gasteiger partial charge in [-0.05, 0) is 31.3 Å². The third-order valence-corrected chi connectivity index (χ3v) is 4.30. The molecule has 2 aromatic carbocycles. The van der Waals surface area contributed by atoms with Crippen LogP contribution in [0.25, 0.3) is 21.8 Å². The lowest BCUT2D eigenvalue weighted by molar-refractivity contribution is 0.475. The molecule has 0 unspecified atom stereocenters. The molecule has 2 N–H and O–H groups in total. The monoisotopic (exact) mass is 296 g/mol. The first-order valence-electron chi connectivity index (χ1n) is 6.77. The highest BCUT2D eigenvalue weighted by atomic mass is 32.1. The molecule has 0 radical (unpaired) electrons. The first kappa shape index (κ1) is 13.8. The second-order valence-corrected chi connectivity index (χ2v) is 5.82. The van der Waals surface area contributed by atoms with E-state index in [1.807, 2.05) is 37.4 Å². The van der Waals surface area contributed by atoms with Gasteiger partial charge in [0.15, 0.2) is 0 Å². The van der Waals surface area contributed by atoms with Crippen molar-refractivity contribution in [2.45, 2.75) is 6.54 Å². The standard InChI is InChI=1S/C17H16N2OS/c1-18-11-15-16(12-5-3-2-4-6-12)19-17(21-15)13-7-9-14(20)10-8-13/h2-10,18,20H,11H2,1H3. The van der Waals surface area contributed by atoms with E-state index in [-0.39, 0.29) is 5.75 Å². The lowest BCUT2D eigenvalue weighted by atomic mass is 10.1. The first-order valence-corrected chi connectivity index (χ1v) is 7.58. The SMILES string of the molecule is CNCc1sc(-c2ccc(O)cc2)nc1-c1ccccc1. The van der Waals surface area contributed by atoms with Gasteiger partial charge in [0, 0.05) is 22.5 Å². The van der Waals surface area contributed by atoms with Crippen molar-refractivity contribution in [2.24, 2.45) is 0 Å². The normalized spacial score (nSPS) is 10.7. The van der Waals surface area contributed by atoms with E-state index in [2.05, 4.69) is 17.4 Å². The highest BCUT2D eigenvalue weighted by Crippen LogP contribution is 2.34. The summed E-state index contributed by atoms with van der Waals surface area (Å²) in [5.41, 5.74) is 3.18. The molecule has 0 bridgehead atoms. The van der Waals surface area contributed by atoms with Crippen molar-refractivity contribution in [1.82, 2.24) is 10.3 Å². The molecule has 0 aliphatic rings. The number of nitrogens with zero attached hydrogens (tertiary/aromatic N) is 1. The number of rotatable bonds is 4. The van der Waals surface area contributed by atoms with E-state index in [0.29, 0.717) is 0 Å². The molecule has 0 spiro atoms. The van der Waals surface area contributed by atoms with Crippen molar-refractivity contribution in [3.63, 3.8) is 0 Å². The number of hydrogen-bond donors (Lipinski definition) is 2. The Balaban J connectivity index is 2.06. The van der Waals surface area contributed by atoms with Gasteiger partial charge < -0.3 is 10.4 Å². The molecule has 21 heavy (non-hydrogen) atoms. The fourth-order valence-corrected chi connectivity index (χ4v) is 3.28. The molecule has 0 aliphatic heterocycles. The number of nitrogens with one attached hydrogen (secondary N) is 1. The summed E-state index contributed by atoms with van der Waals surface area (Å²) < 4.78 is 0. The minimum absolute atomic E-state index is 0.272. The van der Waals surface area contributed by atoms with E-state index in [0.717, 1.165) is 28.4 Å². The molecule has 0 amide bonds. The van der Waals surface area contributed by atoms with Crippen LogP contribution >= 0.6 is 11.3 Å². The largest absolute Gasteiger partial charge is 0.508 e. The summed E-state index contributed by atoms with van der Waals surface area (Å²) in [6, 6.07) is 17.4. The van der Waals surface area contributed by atoms with Gasteiger partial charge in [-0.3, -0.25) is 0 Å². The van der Waals surface area contributed by atoms with Gasteiger partial charge in [0.2, 0.25) is 0 Å². The fraction of sp³-hybridized carbons (Fsp3) is 0.118. The molecule has 4 heteroatoms. The van der Waals surface area contributed by atoms with Gasteiger partial charge >= 0.3 is 0 Å². The maximum atomic E-state index is 9.40. The number of aromatic nitrogens is 1. The summed E-state index contributed by atoms with van der Waals surface area (Å²) in [7, 11) is 1.94. The van der Waals surface area contributed by atoms with Gasteiger partial charge in [-0.15, -0.1) is 11.3 Å². The number of aromatic hydroxyl groups is 1. The van der Waals surface area contributed by atoms with Crippen molar-refractivity contribution < 1.29 is 5.11 Å². The van der Waals surface area contributed by atoms with Crippen molar-refractivity contribution in [1.29, 1.82) is 0 Å². The van der Waals surface area contributed by atoms with E-state index in [1.54, 1.807) is 23.5 Å². The summed E-state index contributed by atoms with van der Waals surface area (Å²) in [5.74, 6) is 0.272. The van der Waals surface area contributed by atoms with E-state index in [1.165, 1.54) is 4.88 Å². The zero-order chi connectivity index (χ0) is 14.7. The average molecular weight is 296 g/mol. The summed E-state index contributed by atoms with van der Waals surface area (Å²) in [4.78, 5) is 6.01. The number of hydrogen-bond acceptors (Lipinski definition) is 4. The highest BCUT2D eigenvalue weighted by molar-refractivity contribution is 7.15. The van der Waals surface area contributed by atoms with E-state index < -0.39 is 0 Å². The van der Waals surface area contributed by atoms with Crippen LogP contribution in [0.4, 0.5) is 0 Å². The number of thiazole rings is 1. The molecule has 0 saturated heterocycles. The molecule has 106 valence electrons. The van der Waals surface area contributed by atoms with Gasteiger partial charge in [0.25, 0.3) is 0 Å². The third kappa shape index (κ3) is 2.96. The predicted octanol–water partition coefficient (Wildman–Crippen LogP) is 3.90. The van der Waals surface area contributed by atoms with Crippen LogP contribution in [-0.4, -0.2) is 17.1 Å². The van der Waals surface area contributed by atoms with Crippen LogP contribution in [0.15, 0.2) is 54.6 Å². The Labute approximate surface area is 127 Å². The molecule has 0 fully saturated rings. The average Bonchev–Trinajstić information content (AvgIpc) is 2.93. The molecule has 0 aliphatic carbocycles. The molecule has 3 nitrogen and oxygen atoms in total. The molecule has 1 aromatic heterocycles. The van der Waals surface area contributed by atoms with Crippen LogP contribution in [0.1, 0.15) is 4.88 Å². The van der Waals surface area contributed by atoms with Crippen LogP contribution in [0.2, 0.25) is 0 Å². The van der Waals surface area contributed by atoms with E-state index >= 15 is 0 Å². The quantitative estimate of drug-likeness (QED) is 0.767. The van der Waals surface area contributed by atoms with Crippen LogP contribution in [0.5, 0.6) is 5.75 Å². The van der Waals surface area contributed by atoms with Crippen molar-refractivity contribution in [2.75, 3.05) is 7.05 Å². The number of benzene rings is 2. The summed E-state index contributed by atoms with van der Waals surface area (Å²) >= 11 is 1.68. The second-order valence-electron chi connectivity index (χ2n) is 4.73. The van der Waals surface area contributed by atoms with Gasteiger partial charge in [-0.1, -0.05) is 30.3 Å². The molecular weight excluding hydrogens is 280 g/mol. The lowest BCUT2D eigenvalue weighted by Crippen LogP contribution is -2.04. The Kier molecular flexibility index (Phi) is 3.99. The Bertz CT molecular complexity index is 720. The van der Waals surface area contributed by atoms with Crippen molar-refractivity contribution in [3.8, 4) is 27.6 Å². The van der Waals surface area contributed by atoms with Crippen LogP contribution in [0, 0.1) is 0 Å². The minimum Gasteiger partial charge on any atom is -0.508 e. The maximum absolute atomic E-state index is 9.40. The van der Waals surface area contributed by atoms with E-state index in [4.69, 9.17) is 4.98 Å². The number of phenolic OH excluding ortho intramolecular Hbond substituents is 1. The lowest BCUT2D eigenvalue weighted by Gasteiger charge is -2.00. The second kappa shape index (κ2) is 6.08. The summed E-state index contributed by atoms with van der Waals surface area (Å²) in [6.07, 6.45) is 0. The maximum Gasteiger partial charge on any atom is 0.124 e. The van der Waals surface area contributed by atoms with Crippen LogP contribution in [-0.2, 0) is 6.54 Å². The molecule has 3 aromatic rings. The van der Waals surface area contributed by atoms with Gasteiger partial charge in [-0.2, -0.15) is 0 Å². The Morgan fingerprint density at radius 2 is 1.71 bits per heavy atom. The zero-order valence-electron chi connectivity index (χ0n) is 11.7. The van der Waals surface area contributed by atoms with Gasteiger partial charge in [0.1, 0.15) is 10.8 Å². The van der Waals surface area contributed by atoms with Gasteiger partial charge in [0.05, 0.1) is 5.69 Å². The molecule has 3 rings (SSSR count). The van der Waals surface area contributed by atoms with Crippen LogP contribution in [0.3, 0.4) is 0 Å². The topological polar surface area (TPSA) is 45.1 Å². The Morgan fingerprint density at radius 1 is 1.00 bits per heavy atom. The Hall–Kier alpha value is -2.17. The fourth-order valence-electron chi connectivity index (χ4n) is 2.18. The third-order valence-electron chi connectivity index (χ3n) is 3.20. The van der Waals surface area contributed by atoms with Crippen molar-refractivity contribution >= 4 is 11.3 Å². The number of phenols is 1. The molecule has 0 atom stereocenters. The van der Waals surface area contributed by atoms with Crippen molar-refractivity contribution in [3.05, 3.63) is 59.5 Å². The predicted molar refractivity (Wildman–Crippen MR) is 87.4 cm³/mol. The molecular formula is C17H16N2OS. The highest BCUT2D eigenvalue weighted by Gasteiger charge is 2.13. The minimum atomic E-state index is 0.272. The molecule has 0 saturated carbocycles. The summed E-state index contributed by atoms with van der Waals surface area (Å²) in [5, 5.41) is 13.6. The summed E-state index contributed by atoms with van der Waals surface area (Å²) in [6.45, 7) is 0.792. The van der Waals surface area contributed by atoms with E-state index in [9.17, 15) is 5.11 Å². The van der Waals surface area contributed by atoms with Gasteiger partial charge in [-0.25, -0.2) is 4.98 Å². The smallest absolute Gasteiger partial charge is 0.124 e. The first-order chi connectivity index (χ1) is 10.3. The molecule has 1 heterocycles. The van der Waals surface area contributed by atoms with Crippen LogP contribution < -0.4 is 5.32 Å².